The van der Waals surface area contributed by atoms with E-state index in [0.29, 0.717) is 51.3 Å². The average molecular weight is 631 g/mol. The predicted octanol–water partition coefficient (Wildman–Crippen LogP) is 4.97. The highest BCUT2D eigenvalue weighted by atomic mass is 79.9. The van der Waals surface area contributed by atoms with Gasteiger partial charge >= 0.3 is 5.97 Å². The average Bonchev–Trinajstić information content (AvgIpc) is 3.64. The topological polar surface area (TPSA) is 102 Å². The lowest BCUT2D eigenvalue weighted by atomic mass is 10.0. The fourth-order valence-corrected chi connectivity index (χ4v) is 7.50. The van der Waals surface area contributed by atoms with Gasteiger partial charge in [0.05, 0.1) is 40.8 Å². The monoisotopic (exact) mass is 629 g/mol. The van der Waals surface area contributed by atoms with Crippen molar-refractivity contribution in [1.82, 2.24) is 24.0 Å². The molecule has 0 aliphatic carbocycles. The Kier molecular flexibility index (Phi) is 8.53. The van der Waals surface area contributed by atoms with Gasteiger partial charge < -0.3 is 23.9 Å². The lowest BCUT2D eigenvalue weighted by molar-refractivity contribution is -0.127. The Hall–Kier alpha value is -2.96. The predicted molar refractivity (Wildman–Crippen MR) is 157 cm³/mol. The number of pyridine rings is 1. The number of carbonyl (C=O) groups is 2. The van der Waals surface area contributed by atoms with Crippen LogP contribution >= 0.6 is 39.5 Å². The van der Waals surface area contributed by atoms with Gasteiger partial charge in [0.25, 0.3) is 0 Å². The first-order valence-corrected chi connectivity index (χ1v) is 15.4. The summed E-state index contributed by atoms with van der Waals surface area (Å²) in [6.07, 6.45) is 8.66. The zero-order chi connectivity index (χ0) is 27.5. The highest BCUT2D eigenvalue weighted by Crippen LogP contribution is 2.41. The van der Waals surface area contributed by atoms with Gasteiger partial charge in [-0.2, -0.15) is 11.8 Å². The number of halogens is 1. The zero-order valence-electron chi connectivity index (χ0n) is 21.5. The first kappa shape index (κ1) is 27.6. The number of aromatic nitrogens is 4. The van der Waals surface area contributed by atoms with Crippen LogP contribution in [-0.2, 0) is 28.9 Å². The molecule has 1 aliphatic heterocycles. The standard InChI is InChI=1S/C27H28BrN5O4S2/c1-3-37-27(36)24-21(14-38-11-10-33-22(34)15-39-26(33)17-4-6-29-7-5-17)31(2)20-12-19(28)25(35)18(23(20)24)13-32-9-8-30-16-32/h4-9,12,16,26,35H,3,10-11,13-15H2,1-2H3. The number of benzene rings is 1. The van der Waals surface area contributed by atoms with Gasteiger partial charge in [-0.25, -0.2) is 9.78 Å². The second-order valence-corrected chi connectivity index (χ2v) is 12.0. The van der Waals surface area contributed by atoms with Gasteiger partial charge in [-0.3, -0.25) is 9.78 Å². The van der Waals surface area contributed by atoms with E-state index in [1.807, 2.05) is 45.5 Å². The van der Waals surface area contributed by atoms with Crippen LogP contribution in [0.1, 0.15) is 39.5 Å². The Labute approximate surface area is 243 Å². The van der Waals surface area contributed by atoms with Gasteiger partial charge in [0.2, 0.25) is 5.91 Å². The number of amides is 1. The number of fused-ring (bicyclic) bond motifs is 1. The lowest BCUT2D eigenvalue weighted by Gasteiger charge is -2.24. The SMILES string of the molecule is CCOC(=O)c1c(CSCCN2C(=O)CSC2c2ccncc2)n(C)c2cc(Br)c(O)c(Cn3ccnc3)c12. The molecule has 9 nitrogen and oxygen atoms in total. The summed E-state index contributed by atoms with van der Waals surface area (Å²) in [5.74, 6) is 1.50. The van der Waals surface area contributed by atoms with Crippen LogP contribution in [0.3, 0.4) is 0 Å². The minimum atomic E-state index is -0.420. The van der Waals surface area contributed by atoms with E-state index in [1.54, 1.807) is 55.4 Å². The third kappa shape index (κ3) is 5.55. The number of ether oxygens (including phenoxy) is 1. The highest BCUT2D eigenvalue weighted by molar-refractivity contribution is 9.10. The normalized spacial score (nSPS) is 15.4. The van der Waals surface area contributed by atoms with E-state index in [1.165, 1.54) is 0 Å². The van der Waals surface area contributed by atoms with Crippen molar-refractivity contribution >= 4 is 62.2 Å². The number of phenols is 1. The molecule has 1 aromatic carbocycles. The first-order valence-electron chi connectivity index (χ1n) is 12.4. The second kappa shape index (κ2) is 12.1. The molecule has 39 heavy (non-hydrogen) atoms. The van der Waals surface area contributed by atoms with E-state index in [2.05, 4.69) is 25.9 Å². The second-order valence-electron chi connectivity index (χ2n) is 9.00. The lowest BCUT2D eigenvalue weighted by Crippen LogP contribution is -2.30. The van der Waals surface area contributed by atoms with Gasteiger partial charge in [-0.15, -0.1) is 11.8 Å². The number of esters is 1. The van der Waals surface area contributed by atoms with Crippen LogP contribution < -0.4 is 0 Å². The number of carbonyl (C=O) groups excluding carboxylic acids is 2. The Morgan fingerprint density at radius 3 is 2.79 bits per heavy atom. The maximum atomic E-state index is 13.3. The quantitative estimate of drug-likeness (QED) is 0.194. The molecular weight excluding hydrogens is 602 g/mol. The number of aromatic hydroxyl groups is 1. The molecule has 0 bridgehead atoms. The molecule has 1 N–H and O–H groups in total. The van der Waals surface area contributed by atoms with Crippen LogP contribution in [-0.4, -0.2) is 65.6 Å². The van der Waals surface area contributed by atoms with E-state index < -0.39 is 5.97 Å². The molecule has 1 saturated heterocycles. The minimum absolute atomic E-state index is 0.0140. The van der Waals surface area contributed by atoms with E-state index >= 15 is 0 Å². The van der Waals surface area contributed by atoms with Gasteiger partial charge in [-0.1, -0.05) is 0 Å². The molecule has 1 atom stereocenters. The Balaban J connectivity index is 1.43. The van der Waals surface area contributed by atoms with Gasteiger partial charge in [0.15, 0.2) is 0 Å². The van der Waals surface area contributed by atoms with E-state index in [0.717, 1.165) is 16.8 Å². The summed E-state index contributed by atoms with van der Waals surface area (Å²) in [4.78, 5) is 36.0. The molecule has 4 aromatic rings. The third-order valence-electron chi connectivity index (χ3n) is 6.69. The van der Waals surface area contributed by atoms with Crippen molar-refractivity contribution in [2.75, 3.05) is 24.7 Å². The van der Waals surface area contributed by atoms with Gasteiger partial charge in [0, 0.05) is 66.5 Å². The van der Waals surface area contributed by atoms with E-state index in [9.17, 15) is 14.7 Å². The largest absolute Gasteiger partial charge is 0.506 e. The number of rotatable bonds is 10. The fourth-order valence-electron chi connectivity index (χ4n) is 4.82. The Bertz CT molecular complexity index is 1490. The molecule has 1 aliphatic rings. The van der Waals surface area contributed by atoms with Crippen molar-refractivity contribution in [2.45, 2.75) is 24.6 Å². The number of hydrogen-bond donors (Lipinski definition) is 1. The molecular formula is C27H28BrN5O4S2. The number of nitrogens with zero attached hydrogens (tertiary/aromatic N) is 5. The molecule has 1 fully saturated rings. The van der Waals surface area contributed by atoms with Crippen LogP contribution in [0.15, 0.2) is 53.8 Å². The first-order chi connectivity index (χ1) is 18.9. The minimum Gasteiger partial charge on any atom is -0.506 e. The van der Waals surface area contributed by atoms with Gasteiger partial charge in [-0.05, 0) is 46.6 Å². The number of aryl methyl sites for hydroxylation is 1. The Morgan fingerprint density at radius 1 is 1.28 bits per heavy atom. The molecule has 1 unspecified atom stereocenters. The van der Waals surface area contributed by atoms with Crippen LogP contribution in [0.4, 0.5) is 0 Å². The van der Waals surface area contributed by atoms with Crippen molar-refractivity contribution in [3.05, 3.63) is 76.2 Å². The summed E-state index contributed by atoms with van der Waals surface area (Å²) in [6.45, 7) is 2.96. The molecule has 0 radical (unpaired) electrons. The molecule has 4 heterocycles. The molecule has 0 saturated carbocycles. The number of thioether (sulfide) groups is 2. The van der Waals surface area contributed by atoms with E-state index in [-0.39, 0.29) is 23.6 Å². The highest BCUT2D eigenvalue weighted by Gasteiger charge is 2.32. The number of hydrogen-bond acceptors (Lipinski definition) is 8. The molecule has 0 spiro atoms. The molecule has 12 heteroatoms. The molecule has 1 amide bonds. The van der Waals surface area contributed by atoms with Crippen molar-refractivity contribution in [1.29, 1.82) is 0 Å². The maximum absolute atomic E-state index is 13.3. The fraction of sp³-hybridized carbons (Fsp3) is 0.333. The molecule has 204 valence electrons. The summed E-state index contributed by atoms with van der Waals surface area (Å²) in [6, 6.07) is 5.73. The zero-order valence-corrected chi connectivity index (χ0v) is 24.8. The summed E-state index contributed by atoms with van der Waals surface area (Å²) in [5, 5.41) is 11.7. The van der Waals surface area contributed by atoms with E-state index in [4.69, 9.17) is 4.74 Å². The number of imidazole rings is 1. The van der Waals surface area contributed by atoms with Crippen LogP contribution in [0.2, 0.25) is 0 Å². The molecule has 5 rings (SSSR count). The van der Waals surface area contributed by atoms with Gasteiger partial charge in [0.1, 0.15) is 11.1 Å². The smallest absolute Gasteiger partial charge is 0.340 e. The Morgan fingerprint density at radius 2 is 2.08 bits per heavy atom. The summed E-state index contributed by atoms with van der Waals surface area (Å²) < 4.78 is 9.87. The summed E-state index contributed by atoms with van der Waals surface area (Å²) in [7, 11) is 1.92. The summed E-state index contributed by atoms with van der Waals surface area (Å²) in [5.41, 5.74) is 3.78. The van der Waals surface area contributed by atoms with Crippen LogP contribution in [0, 0.1) is 0 Å². The van der Waals surface area contributed by atoms with Crippen molar-refractivity contribution < 1.29 is 19.4 Å². The summed E-state index contributed by atoms with van der Waals surface area (Å²) >= 11 is 6.77. The number of phenolic OH excluding ortho intramolecular Hbond substituents is 1. The van der Waals surface area contributed by atoms with Crippen molar-refractivity contribution in [3.8, 4) is 5.75 Å². The van der Waals surface area contributed by atoms with Crippen molar-refractivity contribution in [2.24, 2.45) is 7.05 Å². The van der Waals surface area contributed by atoms with Crippen molar-refractivity contribution in [3.63, 3.8) is 0 Å². The van der Waals surface area contributed by atoms with Crippen LogP contribution in [0.5, 0.6) is 5.75 Å². The maximum Gasteiger partial charge on any atom is 0.340 e. The molecule has 3 aromatic heterocycles. The third-order valence-corrected chi connectivity index (χ3v) is 9.50. The van der Waals surface area contributed by atoms with Crippen LogP contribution in [0.25, 0.3) is 10.9 Å².